The van der Waals surface area contributed by atoms with E-state index in [9.17, 15) is 10.1 Å². The van der Waals surface area contributed by atoms with Crippen molar-refractivity contribution >= 4 is 35.5 Å². The van der Waals surface area contributed by atoms with Crippen molar-refractivity contribution in [3.8, 4) is 6.07 Å². The van der Waals surface area contributed by atoms with Gasteiger partial charge in [0, 0.05) is 12.6 Å². The molecule has 1 aromatic carbocycles. The number of likely N-dealkylation sites (N-methyl/N-ethyl adjacent to an activating group) is 1. The Balaban J connectivity index is 0.00000243. The molecular formula is C22H27IN2O. The summed E-state index contributed by atoms with van der Waals surface area (Å²) in [7, 11) is 1.91. The molecule has 0 saturated carbocycles. The Bertz CT molecular complexity index is 803. The second-order valence-corrected chi connectivity index (χ2v) is 8.09. The lowest BCUT2D eigenvalue weighted by atomic mass is 9.70. The molecule has 1 aliphatic heterocycles. The van der Waals surface area contributed by atoms with E-state index < -0.39 is 5.41 Å². The van der Waals surface area contributed by atoms with Crippen LogP contribution in [0.15, 0.2) is 42.5 Å². The molecule has 0 radical (unpaired) electrons. The third-order valence-electron chi connectivity index (χ3n) is 5.99. The van der Waals surface area contributed by atoms with E-state index in [1.165, 1.54) is 0 Å². The van der Waals surface area contributed by atoms with Crippen molar-refractivity contribution in [1.29, 1.82) is 5.26 Å². The molecule has 0 spiro atoms. The van der Waals surface area contributed by atoms with Gasteiger partial charge in [-0.2, -0.15) is 5.26 Å². The highest BCUT2D eigenvalue weighted by Gasteiger charge is 2.46. The summed E-state index contributed by atoms with van der Waals surface area (Å²) in [5.41, 5.74) is 2.62. The molecule has 3 nitrogen and oxygen atoms in total. The monoisotopic (exact) mass is 462 g/mol. The number of allylic oxidation sites excluding steroid dienone is 4. The number of hydrogen-bond acceptors (Lipinski definition) is 2. The number of halogens is 1. The van der Waals surface area contributed by atoms with Crippen LogP contribution in [-0.2, 0) is 10.2 Å². The van der Waals surface area contributed by atoms with Gasteiger partial charge in [-0.25, -0.2) is 0 Å². The Labute approximate surface area is 173 Å². The van der Waals surface area contributed by atoms with E-state index >= 15 is 0 Å². The Morgan fingerprint density at radius 2 is 1.96 bits per heavy atom. The second kappa shape index (κ2) is 7.56. The van der Waals surface area contributed by atoms with Crippen LogP contribution in [0.5, 0.6) is 0 Å². The summed E-state index contributed by atoms with van der Waals surface area (Å²) in [6, 6.07) is 10.6. The van der Waals surface area contributed by atoms with Crippen molar-refractivity contribution in [2.24, 2.45) is 5.92 Å². The highest BCUT2D eigenvalue weighted by molar-refractivity contribution is 14.0. The summed E-state index contributed by atoms with van der Waals surface area (Å²) in [5.74, 6) is 0.117. The maximum Gasteiger partial charge on any atom is 0.233 e. The fraction of sp³-hybridized carbons (Fsp3) is 0.455. The third-order valence-corrected chi connectivity index (χ3v) is 5.99. The molecule has 0 aromatic heterocycles. The van der Waals surface area contributed by atoms with Crippen LogP contribution >= 0.6 is 24.0 Å². The zero-order valence-electron chi connectivity index (χ0n) is 16.0. The SMILES string of the molecule is CN1C(=O)C(C)(c2cccc(C3=CC(C#N)CC=C3)c2)CCC1(C)C.I. The minimum absolute atomic E-state index is 0. The van der Waals surface area contributed by atoms with E-state index in [2.05, 4.69) is 57.2 Å². The Kier molecular flexibility index (Phi) is 6.02. The van der Waals surface area contributed by atoms with Gasteiger partial charge in [0.1, 0.15) is 0 Å². The topological polar surface area (TPSA) is 44.1 Å². The van der Waals surface area contributed by atoms with E-state index in [0.717, 1.165) is 36.0 Å². The molecule has 0 N–H and O–H groups in total. The van der Waals surface area contributed by atoms with Gasteiger partial charge < -0.3 is 4.90 Å². The number of amides is 1. The number of rotatable bonds is 2. The number of carbonyl (C=O) groups excluding carboxylic acids is 1. The van der Waals surface area contributed by atoms with Gasteiger partial charge in [0.25, 0.3) is 0 Å². The van der Waals surface area contributed by atoms with Crippen LogP contribution in [0.1, 0.15) is 51.2 Å². The summed E-state index contributed by atoms with van der Waals surface area (Å²) in [5, 5.41) is 9.19. The molecule has 1 amide bonds. The maximum absolute atomic E-state index is 13.1. The molecule has 1 aliphatic carbocycles. The van der Waals surface area contributed by atoms with Gasteiger partial charge in [-0.05, 0) is 56.7 Å². The molecule has 1 heterocycles. The van der Waals surface area contributed by atoms with Crippen LogP contribution in [-0.4, -0.2) is 23.4 Å². The lowest BCUT2D eigenvalue weighted by Crippen LogP contribution is -2.57. The van der Waals surface area contributed by atoms with Crippen LogP contribution in [0.4, 0.5) is 0 Å². The quantitative estimate of drug-likeness (QED) is 0.576. The molecule has 1 aromatic rings. The van der Waals surface area contributed by atoms with Gasteiger partial charge >= 0.3 is 0 Å². The number of nitriles is 1. The van der Waals surface area contributed by atoms with Crippen molar-refractivity contribution in [3.05, 3.63) is 53.6 Å². The first-order valence-electron chi connectivity index (χ1n) is 8.95. The van der Waals surface area contributed by atoms with Crippen molar-refractivity contribution in [2.75, 3.05) is 7.05 Å². The van der Waals surface area contributed by atoms with Crippen LogP contribution in [0.2, 0.25) is 0 Å². The van der Waals surface area contributed by atoms with Crippen molar-refractivity contribution < 1.29 is 4.79 Å². The minimum Gasteiger partial charge on any atom is -0.340 e. The van der Waals surface area contributed by atoms with Gasteiger partial charge in [0.15, 0.2) is 0 Å². The minimum atomic E-state index is -0.492. The number of likely N-dealkylation sites (tertiary alicyclic amines) is 1. The van der Waals surface area contributed by atoms with E-state index in [0.29, 0.717) is 0 Å². The highest BCUT2D eigenvalue weighted by Crippen LogP contribution is 2.41. The zero-order chi connectivity index (χ0) is 18.2. The predicted octanol–water partition coefficient (Wildman–Crippen LogP) is 5.08. The Morgan fingerprint density at radius 3 is 2.65 bits per heavy atom. The number of nitrogens with zero attached hydrogens (tertiary/aromatic N) is 2. The van der Waals surface area contributed by atoms with Gasteiger partial charge in [-0.15, -0.1) is 24.0 Å². The third kappa shape index (κ3) is 3.59. The molecule has 2 unspecified atom stereocenters. The second-order valence-electron chi connectivity index (χ2n) is 8.09. The molecule has 2 atom stereocenters. The molecule has 1 fully saturated rings. The lowest BCUT2D eigenvalue weighted by molar-refractivity contribution is -0.145. The van der Waals surface area contributed by atoms with Gasteiger partial charge in [-0.3, -0.25) is 4.79 Å². The maximum atomic E-state index is 13.1. The van der Waals surface area contributed by atoms with E-state index in [4.69, 9.17) is 0 Å². The van der Waals surface area contributed by atoms with Crippen LogP contribution in [0, 0.1) is 17.2 Å². The summed E-state index contributed by atoms with van der Waals surface area (Å²) < 4.78 is 0. The number of benzene rings is 1. The molecule has 26 heavy (non-hydrogen) atoms. The van der Waals surface area contributed by atoms with Gasteiger partial charge in [0.2, 0.25) is 5.91 Å². The summed E-state index contributed by atoms with van der Waals surface area (Å²) in [6.45, 7) is 6.31. The molecular weight excluding hydrogens is 435 g/mol. The van der Waals surface area contributed by atoms with Crippen molar-refractivity contribution in [1.82, 2.24) is 4.90 Å². The fourth-order valence-corrected chi connectivity index (χ4v) is 3.75. The molecule has 138 valence electrons. The Morgan fingerprint density at radius 1 is 1.23 bits per heavy atom. The first kappa shape index (κ1) is 20.7. The zero-order valence-corrected chi connectivity index (χ0v) is 18.3. The van der Waals surface area contributed by atoms with E-state index in [-0.39, 0.29) is 41.3 Å². The van der Waals surface area contributed by atoms with Gasteiger partial charge in [0.05, 0.1) is 17.4 Å². The largest absolute Gasteiger partial charge is 0.340 e. The van der Waals surface area contributed by atoms with Crippen molar-refractivity contribution in [2.45, 2.75) is 51.0 Å². The lowest BCUT2D eigenvalue weighted by Gasteiger charge is -2.48. The number of piperidine rings is 1. The molecule has 4 heteroatoms. The fourth-order valence-electron chi connectivity index (χ4n) is 3.75. The molecule has 2 aliphatic rings. The van der Waals surface area contributed by atoms with Crippen LogP contribution < -0.4 is 0 Å². The number of carbonyl (C=O) groups is 1. The van der Waals surface area contributed by atoms with E-state index in [1.807, 2.05) is 24.1 Å². The van der Waals surface area contributed by atoms with Crippen LogP contribution in [0.25, 0.3) is 5.57 Å². The normalized spacial score (nSPS) is 27.3. The van der Waals surface area contributed by atoms with Crippen molar-refractivity contribution in [3.63, 3.8) is 0 Å². The average molecular weight is 462 g/mol. The van der Waals surface area contributed by atoms with Gasteiger partial charge in [-0.1, -0.05) is 42.5 Å². The summed E-state index contributed by atoms with van der Waals surface area (Å²) >= 11 is 0. The predicted molar refractivity (Wildman–Crippen MR) is 116 cm³/mol. The molecule has 0 bridgehead atoms. The summed E-state index contributed by atoms with van der Waals surface area (Å²) in [4.78, 5) is 15.0. The Hall–Kier alpha value is -1.61. The standard InChI is InChI=1S/C22H26N2O.HI/c1-21(2)11-12-22(3,20(25)24(21)4)19-10-6-9-18(14-19)17-8-5-7-16(13-17)15-23;/h5-6,8-10,13-14,16H,7,11-12H2,1-4H3;1H. The average Bonchev–Trinajstić information content (AvgIpc) is 2.64. The highest BCUT2D eigenvalue weighted by atomic mass is 127. The molecule has 1 saturated heterocycles. The van der Waals surface area contributed by atoms with Crippen LogP contribution in [0.3, 0.4) is 0 Å². The first-order chi connectivity index (χ1) is 11.8. The summed E-state index contributed by atoms with van der Waals surface area (Å²) in [6.07, 6.45) is 8.76. The first-order valence-corrected chi connectivity index (χ1v) is 8.95. The van der Waals surface area contributed by atoms with E-state index in [1.54, 1.807) is 0 Å². The molecule has 3 rings (SSSR count). The smallest absolute Gasteiger partial charge is 0.233 e. The number of hydrogen-bond donors (Lipinski definition) is 0.